The molecule has 0 aliphatic rings. The molecular formula is C42H39Cl4F6KN4O18PS3-. The minimum atomic E-state index is -10.7. The van der Waals surface area contributed by atoms with Gasteiger partial charge in [0.05, 0.1) is 70.1 Å². The summed E-state index contributed by atoms with van der Waals surface area (Å²) in [6.07, 6.45) is -0.894. The number of carboxylic acid groups (broad SMARTS) is 1. The number of ether oxygens (including phenoxy) is 2. The Kier molecular flexibility index (Phi) is 25.1. The summed E-state index contributed by atoms with van der Waals surface area (Å²) in [5.74, 6) is -2.41. The van der Waals surface area contributed by atoms with E-state index >= 15 is 0 Å². The normalized spacial score (nSPS) is 11.9. The van der Waals surface area contributed by atoms with Crippen LogP contribution in [0.3, 0.4) is 0 Å². The van der Waals surface area contributed by atoms with Gasteiger partial charge in [0, 0.05) is 52.2 Å². The van der Waals surface area contributed by atoms with Crippen molar-refractivity contribution in [2.75, 3.05) is 39.7 Å². The Bertz CT molecular complexity index is 3820. The summed E-state index contributed by atoms with van der Waals surface area (Å²) in [7, 11) is -15.9. The van der Waals surface area contributed by atoms with Gasteiger partial charge in [-0.3, -0.25) is 9.35 Å². The van der Waals surface area contributed by atoms with Gasteiger partial charge in [-0.15, -0.1) is 12.6 Å². The van der Waals surface area contributed by atoms with E-state index in [1.165, 1.54) is 6.07 Å². The van der Waals surface area contributed by atoms with Crippen LogP contribution < -0.4 is 88.7 Å². The zero-order valence-corrected chi connectivity index (χ0v) is 51.0. The third-order valence-electron chi connectivity index (χ3n) is 9.33. The first-order valence-electron chi connectivity index (χ1n) is 20.3. The molecule has 2 heterocycles. The number of fused-ring (bicyclic) bond motifs is 2. The number of anilines is 2. The molecule has 22 nitrogen and oxygen atoms in total. The Hall–Kier alpha value is -4.64. The number of rotatable bonds is 8. The van der Waals surface area contributed by atoms with E-state index in [0.717, 1.165) is 29.8 Å². The Morgan fingerprint density at radius 2 is 1.11 bits per heavy atom. The minimum Gasteiger partial charge on any atom is -0.142 e. The van der Waals surface area contributed by atoms with Gasteiger partial charge in [-0.1, -0.05) is 46.4 Å². The van der Waals surface area contributed by atoms with Gasteiger partial charge in [-0.2, -0.15) is 8.42 Å². The molecule has 0 saturated carbocycles. The third kappa shape index (κ3) is 24.2. The zero-order chi connectivity index (χ0) is 60.6. The Morgan fingerprint density at radius 1 is 0.722 bits per heavy atom. The first kappa shape index (κ1) is 72.4. The number of aliphatic carboxylic acids is 1. The van der Waals surface area contributed by atoms with Crippen LogP contribution in [-0.2, 0) is 53.3 Å². The van der Waals surface area contributed by atoms with E-state index in [4.69, 9.17) is 93.4 Å². The van der Waals surface area contributed by atoms with Crippen LogP contribution in [-0.4, -0.2) is 94.2 Å². The van der Waals surface area contributed by atoms with Crippen LogP contribution >= 0.6 is 54.2 Å². The fourth-order valence-electron chi connectivity index (χ4n) is 6.05. The zero-order valence-electron chi connectivity index (χ0n) is 41.5. The van der Waals surface area contributed by atoms with E-state index in [1.807, 2.05) is 6.92 Å². The van der Waals surface area contributed by atoms with E-state index < -0.39 is 84.5 Å². The standard InChI is InChI=1S/C18H13Cl2NO7S.C13H13NO4.C11H14Cl2N2O4S.F6P.K.O3S/c1-8-11-3-2-9(21)4-15(11)27-18(23)12(8)7-16(22)28-17-13(19)5-10(6-14(17)20)29(24,25)26;1-6-3-8-7(2)9(4-12(15)16)13(17)18-11(8)5-10(6)14;1-14(2)11(15(3)4)19-10-8(12)5-7(6-9(10)13)20(16,17)18;1-7(2,3,4,5)6;;1-4(2)3/h2-6H,7,21H2,1H3,(H,24,25,26);3,5H,4,14H2,1-2H3,(H,15,16);5-6H,1-4H3;;;/q;;;-1;+1;/p-1. The van der Waals surface area contributed by atoms with Crippen molar-refractivity contribution in [3.05, 3.63) is 123 Å². The van der Waals surface area contributed by atoms with Gasteiger partial charge in [0.1, 0.15) is 21.3 Å². The van der Waals surface area contributed by atoms with Gasteiger partial charge in [0.2, 0.25) is 0 Å². The second kappa shape index (κ2) is 27.4. The first-order chi connectivity index (χ1) is 35.1. The molecule has 0 spiro atoms. The fraction of sp³-hybridized carbons (Fsp3) is 0.214. The number of aryl methyl sites for hydroxylation is 3. The number of carbonyl (C=O) groups excluding carboxylic acids is 2. The molecule has 0 fully saturated rings. The molecule has 0 saturated heterocycles. The van der Waals surface area contributed by atoms with Crippen LogP contribution in [0.25, 0.3) is 21.9 Å². The molecule has 6 rings (SSSR count). The number of benzene rings is 4. The van der Waals surface area contributed by atoms with Crippen LogP contribution in [0.5, 0.6) is 11.5 Å². The van der Waals surface area contributed by atoms with Gasteiger partial charge in [0.25, 0.3) is 10.1 Å². The maximum absolute atomic E-state index is 12.4. The molecule has 430 valence electrons. The smallest absolute Gasteiger partial charge is 0.142 e. The summed E-state index contributed by atoms with van der Waals surface area (Å²) in [6.45, 7) is 5.17. The second-order valence-corrected chi connectivity index (χ2v) is 22.6. The van der Waals surface area contributed by atoms with Crippen LogP contribution in [0.1, 0.15) is 27.8 Å². The van der Waals surface area contributed by atoms with Gasteiger partial charge in [-0.25, -0.2) is 27.5 Å². The van der Waals surface area contributed by atoms with Crippen LogP contribution in [0.4, 0.5) is 36.6 Å². The van der Waals surface area contributed by atoms with E-state index in [1.54, 1.807) is 75.8 Å². The number of halogens is 10. The number of hydrogen-bond donors (Lipinski definition) is 3. The van der Waals surface area contributed by atoms with E-state index in [2.05, 4.69) is 0 Å². The molecule has 0 aliphatic carbocycles. The molecule has 0 bridgehead atoms. The maximum Gasteiger partial charge on any atom is 1.00 e. The van der Waals surface area contributed by atoms with Gasteiger partial charge in [-0.05, 0) is 79.9 Å². The summed E-state index contributed by atoms with van der Waals surface area (Å²) in [6, 6.07) is 12.4. The Labute approximate surface area is 507 Å². The molecule has 0 radical (unpaired) electrons. The largest absolute Gasteiger partial charge is 1.00 e. The van der Waals surface area contributed by atoms with Crippen molar-refractivity contribution in [3.8, 4) is 11.5 Å². The third-order valence-corrected chi connectivity index (χ3v) is 12.1. The summed E-state index contributed by atoms with van der Waals surface area (Å²) >= 11 is 23.7. The molecule has 5 N–H and O–H groups in total. The topological polar surface area (TPSA) is 357 Å². The van der Waals surface area contributed by atoms with Crippen molar-refractivity contribution in [2.24, 2.45) is 0 Å². The van der Waals surface area contributed by atoms with Gasteiger partial charge < -0.3 is 44.2 Å². The second-order valence-electron chi connectivity index (χ2n) is 15.8. The molecular weight excluding hydrogens is 1270 g/mol. The SMILES string of the molecule is CN(C)C(Oc1c(Cl)cc(S(=O)(=O)[O-])cc1Cl)=[N+](C)C.Cc1c(CC(=O)Oc2c(Cl)cc(S(=O)(=O)O)cc2Cl)c(=O)oc2cc(N)ccc12.Cc1cc2c(C)c(CC(=O)[O-])c(=O)oc2cc1N.F[P-](F)(F)(F)(F)F.O=S(=O)=O.[K+]. The average Bonchev–Trinajstić information content (AvgIpc) is 3.23. The number of carboxylic acids is 1. The number of nitrogens with two attached hydrogens (primary N) is 2. The molecule has 0 unspecified atom stereocenters. The van der Waals surface area contributed by atoms with Crippen molar-refractivity contribution in [1.29, 1.82) is 0 Å². The molecule has 4 aromatic carbocycles. The summed E-state index contributed by atoms with van der Waals surface area (Å²) in [5, 5.41) is 11.2. The van der Waals surface area contributed by atoms with E-state index in [0.29, 0.717) is 44.9 Å². The van der Waals surface area contributed by atoms with Crippen LogP contribution in [0.2, 0.25) is 20.1 Å². The number of nitrogens with zero attached hydrogens (tertiary/aromatic N) is 2. The molecule has 0 amide bonds. The summed E-state index contributed by atoms with van der Waals surface area (Å²) in [4.78, 5) is 47.6. The van der Waals surface area contributed by atoms with Crippen molar-refractivity contribution < 1.29 is 153 Å². The number of esters is 1. The van der Waals surface area contributed by atoms with Crippen LogP contribution in [0, 0.1) is 20.8 Å². The maximum atomic E-state index is 12.4. The predicted octanol–water partition coefficient (Wildman–Crippen LogP) is 4.52. The molecule has 0 atom stereocenters. The van der Waals surface area contributed by atoms with Crippen molar-refractivity contribution in [2.45, 2.75) is 43.4 Å². The Balaban J connectivity index is 0.000000551. The Morgan fingerprint density at radius 3 is 1.51 bits per heavy atom. The molecule has 0 aliphatic heterocycles. The number of hydrogen-bond acceptors (Lipinski definition) is 19. The molecule has 6 aromatic rings. The van der Waals surface area contributed by atoms with Crippen molar-refractivity contribution >= 4 is 136 Å². The number of carbonyl (C=O) groups is 2. The van der Waals surface area contributed by atoms with E-state index in [-0.39, 0.29) is 99.7 Å². The quantitative estimate of drug-likeness (QED) is 0.0161. The average molecular weight is 1310 g/mol. The van der Waals surface area contributed by atoms with Crippen molar-refractivity contribution in [3.63, 3.8) is 0 Å². The van der Waals surface area contributed by atoms with Crippen molar-refractivity contribution in [1.82, 2.24) is 4.90 Å². The molecule has 2 aromatic heterocycles. The van der Waals surface area contributed by atoms with Gasteiger partial charge >= 0.3 is 118 Å². The molecule has 79 heavy (non-hydrogen) atoms. The summed E-state index contributed by atoms with van der Waals surface area (Å²) < 4.78 is 172. The van der Waals surface area contributed by atoms with E-state index in [9.17, 15) is 70.9 Å². The number of nitrogen functional groups attached to an aromatic ring is 2. The number of amidine groups is 1. The fourth-order valence-corrected chi connectivity index (χ4v) is 8.50. The summed E-state index contributed by atoms with van der Waals surface area (Å²) in [5.41, 5.74) is 13.8. The monoisotopic (exact) mass is 1310 g/mol. The first-order valence-corrected chi connectivity index (χ1v) is 27.7. The predicted molar refractivity (Wildman–Crippen MR) is 271 cm³/mol. The van der Waals surface area contributed by atoms with Gasteiger partial charge in [0.15, 0.2) is 11.5 Å². The van der Waals surface area contributed by atoms with Crippen LogP contribution in [0.15, 0.2) is 82.8 Å². The molecule has 37 heteroatoms. The minimum absolute atomic E-state index is 0.